The standard InChI is InChI=1S/C12H17F2N3O/c13-12(14)5-3-8(4-6-12)11-16-10(17-18-11)9-2-1-7-15-9/h8-9,15H,1-7H2. The molecule has 0 bridgehead atoms. The fourth-order valence-electron chi connectivity index (χ4n) is 2.75. The summed E-state index contributed by atoms with van der Waals surface area (Å²) in [7, 11) is 0. The number of aromatic nitrogens is 2. The van der Waals surface area contributed by atoms with Gasteiger partial charge in [0.15, 0.2) is 5.82 Å². The first-order valence-electron chi connectivity index (χ1n) is 6.59. The van der Waals surface area contributed by atoms with E-state index in [4.69, 9.17) is 4.52 Å². The summed E-state index contributed by atoms with van der Waals surface area (Å²) < 4.78 is 31.4. The van der Waals surface area contributed by atoms with E-state index in [1.807, 2.05) is 0 Å². The summed E-state index contributed by atoms with van der Waals surface area (Å²) in [6.45, 7) is 0.976. The lowest BCUT2D eigenvalue weighted by Gasteiger charge is -2.25. The number of rotatable bonds is 2. The number of hydrogen-bond acceptors (Lipinski definition) is 4. The van der Waals surface area contributed by atoms with Crippen molar-refractivity contribution in [2.24, 2.45) is 0 Å². The summed E-state index contributed by atoms with van der Waals surface area (Å²) >= 11 is 0. The maximum absolute atomic E-state index is 13.1. The lowest BCUT2D eigenvalue weighted by molar-refractivity contribution is -0.0402. The molecule has 1 saturated carbocycles. The van der Waals surface area contributed by atoms with Crippen molar-refractivity contribution < 1.29 is 13.3 Å². The monoisotopic (exact) mass is 257 g/mol. The largest absolute Gasteiger partial charge is 0.339 e. The van der Waals surface area contributed by atoms with Crippen molar-refractivity contribution >= 4 is 0 Å². The summed E-state index contributed by atoms with van der Waals surface area (Å²) in [4.78, 5) is 4.38. The lowest BCUT2D eigenvalue weighted by atomic mass is 9.87. The zero-order valence-electron chi connectivity index (χ0n) is 10.2. The van der Waals surface area contributed by atoms with Crippen LogP contribution in [-0.4, -0.2) is 22.6 Å². The van der Waals surface area contributed by atoms with Crippen LogP contribution in [0, 0.1) is 0 Å². The maximum Gasteiger partial charge on any atom is 0.248 e. The molecule has 1 unspecified atom stereocenters. The number of nitrogens with one attached hydrogen (secondary N) is 1. The minimum Gasteiger partial charge on any atom is -0.339 e. The quantitative estimate of drug-likeness (QED) is 0.885. The van der Waals surface area contributed by atoms with Gasteiger partial charge in [0.2, 0.25) is 11.8 Å². The summed E-state index contributed by atoms with van der Waals surface area (Å²) in [5, 5.41) is 7.27. The number of hydrogen-bond donors (Lipinski definition) is 1. The third-order valence-electron chi connectivity index (χ3n) is 3.90. The normalized spacial score (nSPS) is 28.7. The molecule has 1 aromatic heterocycles. The summed E-state index contributed by atoms with van der Waals surface area (Å²) in [5.74, 6) is -1.28. The Morgan fingerprint density at radius 2 is 2.00 bits per heavy atom. The highest BCUT2D eigenvalue weighted by molar-refractivity contribution is 5.01. The molecule has 0 radical (unpaired) electrons. The molecule has 100 valence electrons. The summed E-state index contributed by atoms with van der Waals surface area (Å²) in [6, 6.07) is 0.174. The van der Waals surface area contributed by atoms with E-state index in [9.17, 15) is 8.78 Å². The molecule has 2 aliphatic rings. The van der Waals surface area contributed by atoms with Crippen molar-refractivity contribution in [2.75, 3.05) is 6.54 Å². The first kappa shape index (κ1) is 12.0. The zero-order valence-corrected chi connectivity index (χ0v) is 10.2. The predicted octanol–water partition coefficient (Wildman–Crippen LogP) is 2.79. The Kier molecular flexibility index (Phi) is 3.05. The van der Waals surface area contributed by atoms with Gasteiger partial charge in [-0.2, -0.15) is 4.98 Å². The van der Waals surface area contributed by atoms with Gasteiger partial charge in [0.05, 0.1) is 6.04 Å². The third kappa shape index (κ3) is 2.39. The van der Waals surface area contributed by atoms with Crippen LogP contribution in [0.1, 0.15) is 62.2 Å². The van der Waals surface area contributed by atoms with E-state index in [0.29, 0.717) is 24.6 Å². The van der Waals surface area contributed by atoms with Crippen molar-refractivity contribution in [2.45, 2.75) is 56.4 Å². The van der Waals surface area contributed by atoms with Gasteiger partial charge < -0.3 is 9.84 Å². The van der Waals surface area contributed by atoms with Crippen molar-refractivity contribution in [3.63, 3.8) is 0 Å². The van der Waals surface area contributed by atoms with Gasteiger partial charge in [-0.05, 0) is 32.2 Å². The smallest absolute Gasteiger partial charge is 0.248 e. The van der Waals surface area contributed by atoms with Crippen molar-refractivity contribution in [3.05, 3.63) is 11.7 Å². The molecule has 4 nitrogen and oxygen atoms in total. The van der Waals surface area contributed by atoms with Gasteiger partial charge in [0.1, 0.15) is 0 Å². The predicted molar refractivity (Wildman–Crippen MR) is 60.4 cm³/mol. The van der Waals surface area contributed by atoms with E-state index in [1.54, 1.807) is 0 Å². The Morgan fingerprint density at radius 1 is 1.22 bits per heavy atom. The highest BCUT2D eigenvalue weighted by atomic mass is 19.3. The first-order valence-corrected chi connectivity index (χ1v) is 6.59. The molecule has 2 fully saturated rings. The van der Waals surface area contributed by atoms with Crippen molar-refractivity contribution in [1.29, 1.82) is 0 Å². The van der Waals surface area contributed by atoms with E-state index in [2.05, 4.69) is 15.5 Å². The third-order valence-corrected chi connectivity index (χ3v) is 3.90. The molecule has 1 saturated heterocycles. The minimum atomic E-state index is -2.51. The Labute approximate surface area is 104 Å². The van der Waals surface area contributed by atoms with Gasteiger partial charge in [0, 0.05) is 18.8 Å². The van der Waals surface area contributed by atoms with Crippen molar-refractivity contribution in [3.8, 4) is 0 Å². The molecule has 0 aromatic carbocycles. The second kappa shape index (κ2) is 4.57. The van der Waals surface area contributed by atoms with Gasteiger partial charge >= 0.3 is 0 Å². The van der Waals surface area contributed by atoms with E-state index in [1.165, 1.54) is 0 Å². The molecule has 18 heavy (non-hydrogen) atoms. The molecule has 0 amide bonds. The van der Waals surface area contributed by atoms with Crippen LogP contribution in [0.4, 0.5) is 8.78 Å². The number of alkyl halides is 2. The Balaban J connectivity index is 1.66. The number of halogens is 2. The lowest BCUT2D eigenvalue weighted by Crippen LogP contribution is -2.23. The van der Waals surface area contributed by atoms with Gasteiger partial charge in [0.25, 0.3) is 0 Å². The first-order chi connectivity index (χ1) is 8.64. The molecule has 1 atom stereocenters. The van der Waals surface area contributed by atoms with E-state index >= 15 is 0 Å². The molecule has 1 aliphatic carbocycles. The molecule has 2 heterocycles. The fourth-order valence-corrected chi connectivity index (χ4v) is 2.75. The Hall–Kier alpha value is -1.04. The Morgan fingerprint density at radius 3 is 2.67 bits per heavy atom. The number of nitrogens with zero attached hydrogens (tertiary/aromatic N) is 2. The zero-order chi connectivity index (χ0) is 12.6. The van der Waals surface area contributed by atoms with Crippen LogP contribution in [0.25, 0.3) is 0 Å². The summed E-state index contributed by atoms with van der Waals surface area (Å²) in [6.07, 6.45) is 2.86. The summed E-state index contributed by atoms with van der Waals surface area (Å²) in [5.41, 5.74) is 0. The van der Waals surface area contributed by atoms with Crippen LogP contribution >= 0.6 is 0 Å². The highest BCUT2D eigenvalue weighted by Crippen LogP contribution is 2.40. The molecule has 0 spiro atoms. The fraction of sp³-hybridized carbons (Fsp3) is 0.833. The van der Waals surface area contributed by atoms with Crippen LogP contribution in [0.3, 0.4) is 0 Å². The van der Waals surface area contributed by atoms with Crippen LogP contribution in [0.15, 0.2) is 4.52 Å². The molecule has 3 rings (SSSR count). The average molecular weight is 257 g/mol. The highest BCUT2D eigenvalue weighted by Gasteiger charge is 2.37. The molecule has 1 aromatic rings. The minimum absolute atomic E-state index is 0.00674. The topological polar surface area (TPSA) is 51.0 Å². The van der Waals surface area contributed by atoms with E-state index in [0.717, 1.165) is 19.4 Å². The molecule has 6 heteroatoms. The van der Waals surface area contributed by atoms with Gasteiger partial charge in [-0.3, -0.25) is 0 Å². The molecular weight excluding hydrogens is 240 g/mol. The van der Waals surface area contributed by atoms with Crippen LogP contribution in [0.5, 0.6) is 0 Å². The van der Waals surface area contributed by atoms with Crippen molar-refractivity contribution in [1.82, 2.24) is 15.5 Å². The SMILES string of the molecule is FC1(F)CCC(c2nc(C3CCCN3)no2)CC1. The maximum atomic E-state index is 13.1. The Bertz CT molecular complexity index is 405. The van der Waals surface area contributed by atoms with Gasteiger partial charge in [-0.15, -0.1) is 0 Å². The van der Waals surface area contributed by atoms with Crippen LogP contribution in [0.2, 0.25) is 0 Å². The van der Waals surface area contributed by atoms with E-state index in [-0.39, 0.29) is 24.8 Å². The molecule has 1 N–H and O–H groups in total. The van der Waals surface area contributed by atoms with Crippen LogP contribution in [-0.2, 0) is 0 Å². The van der Waals surface area contributed by atoms with Crippen LogP contribution < -0.4 is 5.32 Å². The average Bonchev–Trinajstić information content (AvgIpc) is 2.99. The second-order valence-electron chi connectivity index (χ2n) is 5.27. The molecular formula is C12H17F2N3O. The van der Waals surface area contributed by atoms with Gasteiger partial charge in [-0.1, -0.05) is 5.16 Å². The molecule has 1 aliphatic heterocycles. The van der Waals surface area contributed by atoms with E-state index < -0.39 is 5.92 Å². The second-order valence-corrected chi connectivity index (χ2v) is 5.27. The van der Waals surface area contributed by atoms with Gasteiger partial charge in [-0.25, -0.2) is 8.78 Å².